The predicted octanol–water partition coefficient (Wildman–Crippen LogP) is 4.48. The van der Waals surface area contributed by atoms with Crippen molar-refractivity contribution in [3.8, 4) is 11.1 Å². The Morgan fingerprint density at radius 3 is 1.62 bits per heavy atom. The first-order valence-corrected chi connectivity index (χ1v) is 17.2. The molecule has 2 aromatic rings. The maximum atomic E-state index is 12.6. The first kappa shape index (κ1) is 34.9. The number of hydrogen-bond donors (Lipinski definition) is 4. The van der Waals surface area contributed by atoms with Crippen molar-refractivity contribution in [3.05, 3.63) is 53.6 Å². The summed E-state index contributed by atoms with van der Waals surface area (Å²) in [6.45, 7) is 10.4. The Kier molecular flexibility index (Phi) is 13.7. The molecule has 6 atom stereocenters. The fraction of sp³-hybridized carbons (Fsp3) is 0.625. The minimum absolute atomic E-state index is 0.00277. The van der Waals surface area contributed by atoms with Crippen LogP contribution in [0.25, 0.3) is 11.1 Å². The van der Waals surface area contributed by atoms with E-state index in [4.69, 9.17) is 17.3 Å². The molecule has 236 valence electrons. The van der Waals surface area contributed by atoms with Gasteiger partial charge in [-0.2, -0.15) is 0 Å². The number of β-amino-alcohol motifs (C(OH)–C–C–N with tert-alkyl or cyclic N) is 2. The predicted molar refractivity (Wildman–Crippen MR) is 172 cm³/mol. The summed E-state index contributed by atoms with van der Waals surface area (Å²) in [5, 5.41) is 20.5. The molecular weight excluding hydrogens is 572 g/mol. The van der Waals surface area contributed by atoms with Crippen molar-refractivity contribution < 1.29 is 18.6 Å². The molecule has 0 aliphatic carbocycles. The largest absolute Gasteiger partial charge is 0.390 e. The molecule has 0 spiro atoms. The van der Waals surface area contributed by atoms with Gasteiger partial charge in [0.05, 0.1) is 17.1 Å². The van der Waals surface area contributed by atoms with E-state index in [0.717, 1.165) is 30.5 Å². The summed E-state index contributed by atoms with van der Waals surface area (Å²) in [5.41, 5.74) is 7.28. The third kappa shape index (κ3) is 10.3. The lowest BCUT2D eigenvalue weighted by Gasteiger charge is -2.40. The lowest BCUT2D eigenvalue weighted by Crippen LogP contribution is -2.49. The summed E-state index contributed by atoms with van der Waals surface area (Å²) in [6.07, 6.45) is 6.14. The molecule has 0 unspecified atom stereocenters. The third-order valence-electron chi connectivity index (χ3n) is 8.72. The fourth-order valence-electron chi connectivity index (χ4n) is 6.05. The summed E-state index contributed by atoms with van der Waals surface area (Å²) in [6, 6.07) is 16.1. The number of benzene rings is 2. The molecule has 0 bridgehead atoms. The molecule has 10 heteroatoms. The van der Waals surface area contributed by atoms with Gasteiger partial charge in [0, 0.05) is 55.4 Å². The zero-order chi connectivity index (χ0) is 30.9. The van der Waals surface area contributed by atoms with E-state index in [1.807, 2.05) is 12.1 Å². The Morgan fingerprint density at radius 2 is 1.19 bits per heavy atom. The molecule has 2 fully saturated rings. The van der Waals surface area contributed by atoms with Gasteiger partial charge >= 0.3 is 0 Å². The van der Waals surface area contributed by atoms with Crippen LogP contribution in [0.3, 0.4) is 0 Å². The van der Waals surface area contributed by atoms with Gasteiger partial charge in [-0.3, -0.25) is 9.80 Å². The number of nitrogens with two attached hydrogens (primary N) is 1. The van der Waals surface area contributed by atoms with Crippen LogP contribution >= 0.6 is 11.6 Å². The van der Waals surface area contributed by atoms with Gasteiger partial charge in [0.2, 0.25) is 10.0 Å². The molecule has 2 aliphatic rings. The molecule has 8 nitrogen and oxygen atoms in total. The molecule has 0 saturated carbocycles. The van der Waals surface area contributed by atoms with Gasteiger partial charge in [-0.1, -0.05) is 48.7 Å². The number of sulfonamides is 1. The Hall–Kier alpha value is -1.56. The van der Waals surface area contributed by atoms with E-state index in [1.54, 1.807) is 36.4 Å². The molecule has 0 amide bonds. The van der Waals surface area contributed by atoms with Crippen molar-refractivity contribution in [1.29, 1.82) is 0 Å². The monoisotopic (exact) mass is 622 g/mol. The van der Waals surface area contributed by atoms with Crippen LogP contribution in [0.1, 0.15) is 66.2 Å². The van der Waals surface area contributed by atoms with Crippen molar-refractivity contribution in [1.82, 2.24) is 14.5 Å². The van der Waals surface area contributed by atoms with Crippen LogP contribution in [0.5, 0.6) is 0 Å². The lowest BCUT2D eigenvalue weighted by molar-refractivity contribution is 0.0438. The van der Waals surface area contributed by atoms with E-state index >= 15 is 0 Å². The van der Waals surface area contributed by atoms with Crippen LogP contribution < -0.4 is 10.5 Å². The van der Waals surface area contributed by atoms with Gasteiger partial charge in [-0.05, 0) is 88.8 Å². The maximum Gasteiger partial charge on any atom is 0.240 e. The summed E-state index contributed by atoms with van der Waals surface area (Å²) in [5.74, 6) is 0. The van der Waals surface area contributed by atoms with Gasteiger partial charge in [-0.15, -0.1) is 0 Å². The highest BCUT2D eigenvalue weighted by Crippen LogP contribution is 2.25. The van der Waals surface area contributed by atoms with Gasteiger partial charge in [0.25, 0.3) is 0 Å². The van der Waals surface area contributed by atoms with Gasteiger partial charge in [0.1, 0.15) is 0 Å². The van der Waals surface area contributed by atoms with Crippen molar-refractivity contribution in [3.63, 3.8) is 0 Å². The highest BCUT2D eigenvalue weighted by atomic mass is 35.5. The molecule has 0 radical (unpaired) electrons. The van der Waals surface area contributed by atoms with Crippen molar-refractivity contribution in [2.45, 2.75) is 107 Å². The van der Waals surface area contributed by atoms with Crippen LogP contribution in [0.4, 0.5) is 0 Å². The molecule has 2 aliphatic heterocycles. The molecule has 2 aromatic carbocycles. The summed E-state index contributed by atoms with van der Waals surface area (Å²) >= 11 is 5.91. The molecule has 2 saturated heterocycles. The van der Waals surface area contributed by atoms with Crippen molar-refractivity contribution in [2.75, 3.05) is 26.2 Å². The highest BCUT2D eigenvalue weighted by molar-refractivity contribution is 7.89. The zero-order valence-corrected chi connectivity index (χ0v) is 27.2. The van der Waals surface area contributed by atoms with Crippen LogP contribution in [-0.2, 0) is 10.0 Å². The molecular formula is C32H51ClN4O4S. The standard InChI is InChI=1S/C22H29ClN2O3S.C10H22N2O/c1-16-4-3-5-17(2)25(16)15-21(26)14-24-29(27,28)22-12-8-19(9-13-22)18-6-10-20(23)11-7-18;1-8-4-3-5-9(2)12(8)7-10(13)6-11/h6-13,16-17,21,24,26H,3-5,14-15H2,1-2H3;8-10,13H,3-7,11H2,1-2H3/t16-,17+,21-;8-,9+,10-/m00/s1. The number of aliphatic hydroxyl groups excluding tert-OH is 2. The number of nitrogens with one attached hydrogen (secondary N) is 1. The Labute approximate surface area is 258 Å². The fourth-order valence-corrected chi connectivity index (χ4v) is 7.25. The summed E-state index contributed by atoms with van der Waals surface area (Å²) < 4.78 is 27.7. The van der Waals surface area contributed by atoms with Gasteiger partial charge in [0.15, 0.2) is 0 Å². The minimum atomic E-state index is -3.68. The normalized spacial score (nSPS) is 25.3. The maximum absolute atomic E-state index is 12.6. The van der Waals surface area contributed by atoms with E-state index < -0.39 is 16.1 Å². The van der Waals surface area contributed by atoms with Crippen LogP contribution in [0.2, 0.25) is 5.02 Å². The number of aliphatic hydroxyl groups is 2. The SMILES string of the molecule is C[C@@H]1CCC[C@H](C)N1C[C@@H](O)CN.C[C@@H]1CCC[C@H](C)N1C[C@@H](O)CNS(=O)(=O)c1ccc(-c2ccc(Cl)cc2)cc1. The average Bonchev–Trinajstić information content (AvgIpc) is 2.97. The van der Waals surface area contributed by atoms with E-state index in [2.05, 4.69) is 42.2 Å². The smallest absolute Gasteiger partial charge is 0.240 e. The second kappa shape index (κ2) is 16.5. The van der Waals surface area contributed by atoms with E-state index in [1.165, 1.54) is 25.7 Å². The van der Waals surface area contributed by atoms with Crippen molar-refractivity contribution in [2.24, 2.45) is 5.73 Å². The van der Waals surface area contributed by atoms with E-state index in [9.17, 15) is 18.6 Å². The molecule has 4 rings (SSSR count). The number of likely N-dealkylation sites (tertiary alicyclic amines) is 2. The van der Waals surface area contributed by atoms with E-state index in [0.29, 0.717) is 42.3 Å². The minimum Gasteiger partial charge on any atom is -0.390 e. The average molecular weight is 623 g/mol. The number of hydrogen-bond acceptors (Lipinski definition) is 7. The van der Waals surface area contributed by atoms with Crippen LogP contribution in [0, 0.1) is 0 Å². The molecule has 42 heavy (non-hydrogen) atoms. The Morgan fingerprint density at radius 1 is 0.786 bits per heavy atom. The third-order valence-corrected chi connectivity index (χ3v) is 10.4. The summed E-state index contributed by atoms with van der Waals surface area (Å²) in [4.78, 5) is 4.83. The second-order valence-corrected chi connectivity index (χ2v) is 14.3. The molecule has 0 aromatic heterocycles. The topological polar surface area (TPSA) is 119 Å². The van der Waals surface area contributed by atoms with Crippen molar-refractivity contribution >= 4 is 21.6 Å². The quantitative estimate of drug-likeness (QED) is 0.309. The number of nitrogens with zero attached hydrogens (tertiary/aromatic N) is 2. The van der Waals surface area contributed by atoms with Crippen LogP contribution in [0.15, 0.2) is 53.4 Å². The molecule has 5 N–H and O–H groups in total. The van der Waals surface area contributed by atoms with Gasteiger partial charge in [-0.25, -0.2) is 13.1 Å². The number of rotatable bonds is 10. The Bertz CT molecular complexity index is 1160. The van der Waals surface area contributed by atoms with Gasteiger partial charge < -0.3 is 15.9 Å². The highest BCUT2D eigenvalue weighted by Gasteiger charge is 2.27. The molecule has 2 heterocycles. The zero-order valence-electron chi connectivity index (χ0n) is 25.6. The number of piperidine rings is 2. The summed E-state index contributed by atoms with van der Waals surface area (Å²) in [7, 11) is -3.68. The second-order valence-electron chi connectivity index (χ2n) is 12.1. The Balaban J connectivity index is 0.000000312. The number of halogens is 1. The van der Waals surface area contributed by atoms with E-state index in [-0.39, 0.29) is 17.5 Å². The first-order chi connectivity index (χ1) is 19.9. The lowest BCUT2D eigenvalue weighted by atomic mass is 9.97. The van der Waals surface area contributed by atoms with Crippen LogP contribution in [-0.4, -0.2) is 91.0 Å². The first-order valence-electron chi connectivity index (χ1n) is 15.3.